The topological polar surface area (TPSA) is 25.8 Å². The summed E-state index contributed by atoms with van der Waals surface area (Å²) in [4.78, 5) is 10.5. The molecule has 0 saturated heterocycles. The third-order valence-corrected chi connectivity index (χ3v) is 13.8. The smallest absolute Gasteiger partial charge is 0.160 e. The van der Waals surface area contributed by atoms with Gasteiger partial charge in [-0.15, -0.1) is 11.3 Å². The molecule has 0 spiro atoms. The normalized spacial score (nSPS) is 12.6. The molecule has 0 atom stereocenters. The molecule has 0 bridgehead atoms. The first-order chi connectivity index (χ1) is 30.7. The van der Waals surface area contributed by atoms with Gasteiger partial charge in [-0.05, 0) is 86.0 Å². The molecule has 11 aromatic rings. The van der Waals surface area contributed by atoms with E-state index in [1.165, 1.54) is 64.7 Å². The minimum atomic E-state index is -0.489. The van der Waals surface area contributed by atoms with E-state index in [1.54, 1.807) is 0 Å². The molecule has 0 saturated carbocycles. The molecular formula is C59H38N2S. The third kappa shape index (κ3) is 5.85. The zero-order chi connectivity index (χ0) is 41.0. The zero-order valence-corrected chi connectivity index (χ0v) is 34.6. The van der Waals surface area contributed by atoms with Gasteiger partial charge in [0.2, 0.25) is 0 Å². The van der Waals surface area contributed by atoms with E-state index in [-0.39, 0.29) is 0 Å². The van der Waals surface area contributed by atoms with Crippen LogP contribution < -0.4 is 0 Å². The molecule has 2 nitrogen and oxygen atoms in total. The van der Waals surface area contributed by atoms with Gasteiger partial charge in [-0.3, -0.25) is 0 Å². The van der Waals surface area contributed by atoms with Crippen LogP contribution in [-0.4, -0.2) is 9.97 Å². The van der Waals surface area contributed by atoms with Crippen LogP contribution in [0.15, 0.2) is 231 Å². The molecule has 1 aliphatic carbocycles. The monoisotopic (exact) mass is 806 g/mol. The number of hydrogen-bond donors (Lipinski definition) is 0. The fourth-order valence-electron chi connectivity index (χ4n) is 9.78. The number of nitrogens with zero attached hydrogens (tertiary/aromatic N) is 2. The molecule has 1 aliphatic rings. The number of thiophene rings is 1. The Balaban J connectivity index is 0.986. The van der Waals surface area contributed by atoms with Crippen LogP contribution in [0.3, 0.4) is 0 Å². The highest BCUT2D eigenvalue weighted by Gasteiger charge is 2.45. The van der Waals surface area contributed by atoms with Crippen molar-refractivity contribution >= 4 is 31.5 Å². The maximum atomic E-state index is 5.31. The Morgan fingerprint density at radius 3 is 1.61 bits per heavy atom. The van der Waals surface area contributed by atoms with Crippen LogP contribution >= 0.6 is 11.3 Å². The lowest BCUT2D eigenvalue weighted by molar-refractivity contribution is 0.769. The van der Waals surface area contributed by atoms with Crippen molar-refractivity contribution in [2.24, 2.45) is 0 Å². The van der Waals surface area contributed by atoms with E-state index in [2.05, 4.69) is 224 Å². The number of benzene rings is 9. The van der Waals surface area contributed by atoms with Crippen molar-refractivity contribution in [2.45, 2.75) is 5.41 Å². The summed E-state index contributed by atoms with van der Waals surface area (Å²) in [6, 6.07) is 83.5. The molecule has 0 fully saturated rings. The molecule has 0 unspecified atom stereocenters. The van der Waals surface area contributed by atoms with E-state index in [0.717, 1.165) is 39.2 Å². The Morgan fingerprint density at radius 2 is 0.855 bits per heavy atom. The molecule has 3 heteroatoms. The highest BCUT2D eigenvalue weighted by molar-refractivity contribution is 7.25. The standard InChI is InChI=1S/C59H38N2S/c1-3-16-41(17-4-1)58-60-54(40-32-30-39(31-33-40)42-34-35-57-51(37-42)50-26-11-14-29-56(50)62-57)38-55(61-58)49-25-8-7-22-46(49)43-18-15-21-45(36-43)59(44-19-5-2-6-20-44)52-27-12-9-23-47(52)48-24-10-13-28-53(48)59/h1-38H. The molecule has 9 aromatic carbocycles. The molecule has 2 aromatic heterocycles. The minimum absolute atomic E-state index is 0.489. The summed E-state index contributed by atoms with van der Waals surface area (Å²) in [6.07, 6.45) is 0. The number of aromatic nitrogens is 2. The van der Waals surface area contributed by atoms with E-state index in [1.807, 2.05) is 17.4 Å². The quantitative estimate of drug-likeness (QED) is 0.160. The molecule has 0 radical (unpaired) electrons. The lowest BCUT2D eigenvalue weighted by Crippen LogP contribution is -2.28. The molecule has 62 heavy (non-hydrogen) atoms. The Bertz CT molecular complexity index is 3410. The molecule has 0 aliphatic heterocycles. The van der Waals surface area contributed by atoms with Gasteiger partial charge in [-0.2, -0.15) is 0 Å². The molecule has 2 heterocycles. The van der Waals surface area contributed by atoms with Gasteiger partial charge in [0.1, 0.15) is 0 Å². The third-order valence-electron chi connectivity index (χ3n) is 12.6. The molecular weight excluding hydrogens is 769 g/mol. The highest BCUT2D eigenvalue weighted by atomic mass is 32.1. The van der Waals surface area contributed by atoms with Gasteiger partial charge in [0, 0.05) is 36.9 Å². The van der Waals surface area contributed by atoms with E-state index in [4.69, 9.17) is 9.97 Å². The van der Waals surface area contributed by atoms with E-state index >= 15 is 0 Å². The van der Waals surface area contributed by atoms with Gasteiger partial charge in [0.15, 0.2) is 5.82 Å². The predicted molar refractivity (Wildman–Crippen MR) is 259 cm³/mol. The summed E-state index contributed by atoms with van der Waals surface area (Å²) in [6.45, 7) is 0. The van der Waals surface area contributed by atoms with Crippen molar-refractivity contribution in [3.05, 3.63) is 253 Å². The zero-order valence-electron chi connectivity index (χ0n) is 33.7. The predicted octanol–water partition coefficient (Wildman–Crippen LogP) is 15.5. The average molecular weight is 807 g/mol. The van der Waals surface area contributed by atoms with Gasteiger partial charge in [0.25, 0.3) is 0 Å². The van der Waals surface area contributed by atoms with Crippen molar-refractivity contribution in [2.75, 3.05) is 0 Å². The van der Waals surface area contributed by atoms with Crippen molar-refractivity contribution in [1.29, 1.82) is 0 Å². The van der Waals surface area contributed by atoms with Crippen LogP contribution in [0.25, 0.3) is 87.5 Å². The van der Waals surface area contributed by atoms with Gasteiger partial charge < -0.3 is 0 Å². The van der Waals surface area contributed by atoms with Crippen LogP contribution in [-0.2, 0) is 5.41 Å². The summed E-state index contributed by atoms with van der Waals surface area (Å²) in [5.74, 6) is 0.697. The maximum absolute atomic E-state index is 5.31. The first-order valence-electron chi connectivity index (χ1n) is 21.1. The summed E-state index contributed by atoms with van der Waals surface area (Å²) >= 11 is 1.85. The SMILES string of the molecule is c1ccc(-c2nc(-c3ccc(-c4ccc5sc6ccccc6c5c4)cc3)cc(-c3ccccc3-c3cccc(C4(c5ccccc5)c5ccccc5-c5ccccc54)c3)n2)cc1. The van der Waals surface area contributed by atoms with Gasteiger partial charge in [-0.25, -0.2) is 9.97 Å². The van der Waals surface area contributed by atoms with E-state index < -0.39 is 5.41 Å². The summed E-state index contributed by atoms with van der Waals surface area (Å²) in [7, 11) is 0. The van der Waals surface area contributed by atoms with Crippen molar-refractivity contribution in [3.63, 3.8) is 0 Å². The second kappa shape index (κ2) is 14.8. The largest absolute Gasteiger partial charge is 0.228 e. The average Bonchev–Trinajstić information content (AvgIpc) is 3.88. The number of fused-ring (bicyclic) bond motifs is 6. The van der Waals surface area contributed by atoms with Gasteiger partial charge >= 0.3 is 0 Å². The fraction of sp³-hybridized carbons (Fsp3) is 0.0169. The summed E-state index contributed by atoms with van der Waals surface area (Å²) < 4.78 is 2.63. The minimum Gasteiger partial charge on any atom is -0.228 e. The Morgan fingerprint density at radius 1 is 0.306 bits per heavy atom. The van der Waals surface area contributed by atoms with Gasteiger partial charge in [0.05, 0.1) is 16.8 Å². The molecule has 12 rings (SSSR count). The van der Waals surface area contributed by atoms with Crippen LogP contribution in [0.2, 0.25) is 0 Å². The van der Waals surface area contributed by atoms with Crippen LogP contribution in [0.1, 0.15) is 22.3 Å². The van der Waals surface area contributed by atoms with E-state index in [0.29, 0.717) is 5.82 Å². The van der Waals surface area contributed by atoms with Crippen molar-refractivity contribution < 1.29 is 0 Å². The summed E-state index contributed by atoms with van der Waals surface area (Å²) in [5.41, 5.74) is 16.6. The second-order valence-electron chi connectivity index (χ2n) is 16.0. The first kappa shape index (κ1) is 36.2. The Labute approximate surface area is 365 Å². The maximum Gasteiger partial charge on any atom is 0.160 e. The van der Waals surface area contributed by atoms with Crippen LogP contribution in [0.5, 0.6) is 0 Å². The molecule has 290 valence electrons. The van der Waals surface area contributed by atoms with Crippen molar-refractivity contribution in [1.82, 2.24) is 9.97 Å². The fourth-order valence-corrected chi connectivity index (χ4v) is 10.9. The highest BCUT2D eigenvalue weighted by Crippen LogP contribution is 2.56. The lowest BCUT2D eigenvalue weighted by Gasteiger charge is -2.34. The van der Waals surface area contributed by atoms with Crippen LogP contribution in [0.4, 0.5) is 0 Å². The summed E-state index contributed by atoms with van der Waals surface area (Å²) in [5, 5.41) is 2.61. The van der Waals surface area contributed by atoms with Gasteiger partial charge in [-0.1, -0.05) is 200 Å². The lowest BCUT2D eigenvalue weighted by atomic mass is 9.67. The van der Waals surface area contributed by atoms with E-state index in [9.17, 15) is 0 Å². The first-order valence-corrected chi connectivity index (χ1v) is 22.0. The molecule has 0 amide bonds. The molecule has 0 N–H and O–H groups in total. The van der Waals surface area contributed by atoms with Crippen LogP contribution in [0, 0.1) is 0 Å². The number of hydrogen-bond acceptors (Lipinski definition) is 3. The second-order valence-corrected chi connectivity index (χ2v) is 17.1. The Kier molecular flexibility index (Phi) is 8.62. The Hall–Kier alpha value is -7.72. The number of rotatable bonds is 7. The van der Waals surface area contributed by atoms with Crippen molar-refractivity contribution in [3.8, 4) is 67.3 Å².